The molecule has 1 aliphatic carbocycles. The lowest BCUT2D eigenvalue weighted by Gasteiger charge is -2.41. The van der Waals surface area contributed by atoms with Crippen LogP contribution in [0.15, 0.2) is 35.4 Å². The van der Waals surface area contributed by atoms with E-state index in [1.807, 2.05) is 58.0 Å². The lowest BCUT2D eigenvalue weighted by atomic mass is 9.83. The van der Waals surface area contributed by atoms with E-state index in [0.717, 1.165) is 5.56 Å². The Balaban J connectivity index is 1.64. The van der Waals surface area contributed by atoms with E-state index in [0.29, 0.717) is 6.61 Å². The maximum Gasteiger partial charge on any atom is 0.163 e. The fourth-order valence-electron chi connectivity index (χ4n) is 4.19. The summed E-state index contributed by atoms with van der Waals surface area (Å²) in [6, 6.07) is 9.37. The first kappa shape index (κ1) is 18.7. The summed E-state index contributed by atoms with van der Waals surface area (Å²) in [5.41, 5.74) is 10.1. The molecule has 1 aromatic carbocycles. The molecule has 8 heteroatoms. The summed E-state index contributed by atoms with van der Waals surface area (Å²) in [6.07, 6.45) is -2.17. The zero-order valence-corrected chi connectivity index (χ0v) is 15.9. The van der Waals surface area contributed by atoms with Crippen molar-refractivity contribution in [2.45, 2.75) is 82.4 Å². The van der Waals surface area contributed by atoms with E-state index in [9.17, 15) is 0 Å². The highest BCUT2D eigenvalue weighted by Crippen LogP contribution is 2.46. The molecule has 0 aromatic heterocycles. The number of hydrogen-bond acceptors (Lipinski definition) is 6. The van der Waals surface area contributed by atoms with Crippen LogP contribution in [0.3, 0.4) is 0 Å². The first-order chi connectivity index (χ1) is 12.8. The van der Waals surface area contributed by atoms with E-state index in [1.165, 1.54) is 0 Å². The first-order valence-electron chi connectivity index (χ1n) is 9.21. The van der Waals surface area contributed by atoms with Crippen molar-refractivity contribution in [1.29, 1.82) is 0 Å². The topological polar surface area (TPSA) is 94.9 Å². The summed E-state index contributed by atoms with van der Waals surface area (Å²) in [5.74, 6) is -1.61. The molecule has 0 N–H and O–H groups in total. The molecule has 1 aromatic rings. The number of nitrogens with zero attached hydrogens (tertiary/aromatic N) is 3. The maximum atomic E-state index is 9.07. The van der Waals surface area contributed by atoms with Crippen molar-refractivity contribution in [2.24, 2.45) is 5.11 Å². The minimum Gasteiger partial charge on any atom is -0.368 e. The fourth-order valence-corrected chi connectivity index (χ4v) is 4.19. The summed E-state index contributed by atoms with van der Waals surface area (Å²) in [7, 11) is 0. The van der Waals surface area contributed by atoms with Gasteiger partial charge >= 0.3 is 0 Å². The Morgan fingerprint density at radius 3 is 1.96 bits per heavy atom. The Morgan fingerprint density at radius 2 is 1.44 bits per heavy atom. The van der Waals surface area contributed by atoms with Gasteiger partial charge in [-0.2, -0.15) is 0 Å². The van der Waals surface area contributed by atoms with Gasteiger partial charge in [-0.3, -0.25) is 0 Å². The van der Waals surface area contributed by atoms with Gasteiger partial charge < -0.3 is 23.7 Å². The van der Waals surface area contributed by atoms with Crippen molar-refractivity contribution >= 4 is 0 Å². The third kappa shape index (κ3) is 3.57. The van der Waals surface area contributed by atoms with E-state index >= 15 is 0 Å². The van der Waals surface area contributed by atoms with Gasteiger partial charge in [0.1, 0.15) is 30.5 Å². The van der Waals surface area contributed by atoms with Crippen LogP contribution in [0.4, 0.5) is 0 Å². The Hall–Kier alpha value is -1.67. The highest BCUT2D eigenvalue weighted by atomic mass is 16.8. The Morgan fingerprint density at radius 1 is 0.926 bits per heavy atom. The van der Waals surface area contributed by atoms with Crippen LogP contribution >= 0.6 is 0 Å². The van der Waals surface area contributed by atoms with Gasteiger partial charge in [0.25, 0.3) is 0 Å². The summed E-state index contributed by atoms with van der Waals surface area (Å²) >= 11 is 0. The van der Waals surface area contributed by atoms with Crippen LogP contribution in [0.2, 0.25) is 0 Å². The number of benzene rings is 1. The van der Waals surface area contributed by atoms with Crippen molar-refractivity contribution < 1.29 is 23.7 Å². The number of azide groups is 1. The molecular weight excluding hydrogens is 350 g/mol. The van der Waals surface area contributed by atoms with Crippen LogP contribution in [-0.4, -0.2) is 48.1 Å². The zero-order chi connectivity index (χ0) is 19.2. The molecule has 0 spiro atoms. The van der Waals surface area contributed by atoms with Crippen LogP contribution in [0.1, 0.15) is 33.3 Å². The molecule has 2 saturated heterocycles. The van der Waals surface area contributed by atoms with Gasteiger partial charge in [-0.25, -0.2) is 0 Å². The highest BCUT2D eigenvalue weighted by molar-refractivity contribution is 5.15. The molecule has 27 heavy (non-hydrogen) atoms. The minimum atomic E-state index is -0.804. The van der Waals surface area contributed by atoms with Gasteiger partial charge in [-0.05, 0) is 38.8 Å². The van der Waals surface area contributed by atoms with Crippen LogP contribution in [0.5, 0.6) is 0 Å². The molecule has 3 fully saturated rings. The molecule has 4 rings (SSSR count). The van der Waals surface area contributed by atoms with E-state index in [4.69, 9.17) is 29.2 Å². The molecule has 2 aliphatic heterocycles. The number of fused-ring (bicyclic) bond motifs is 2. The van der Waals surface area contributed by atoms with Gasteiger partial charge in [0.15, 0.2) is 11.6 Å². The van der Waals surface area contributed by atoms with Crippen molar-refractivity contribution in [3.05, 3.63) is 46.3 Å². The zero-order valence-electron chi connectivity index (χ0n) is 15.9. The van der Waals surface area contributed by atoms with E-state index < -0.39 is 48.1 Å². The summed E-state index contributed by atoms with van der Waals surface area (Å²) in [6.45, 7) is 7.78. The van der Waals surface area contributed by atoms with Crippen LogP contribution in [-0.2, 0) is 30.3 Å². The fraction of sp³-hybridized carbons (Fsp3) is 0.684. The van der Waals surface area contributed by atoms with Crippen LogP contribution < -0.4 is 0 Å². The van der Waals surface area contributed by atoms with Crippen molar-refractivity contribution in [3.8, 4) is 0 Å². The van der Waals surface area contributed by atoms with Crippen molar-refractivity contribution in [3.63, 3.8) is 0 Å². The third-order valence-corrected chi connectivity index (χ3v) is 5.12. The minimum absolute atomic E-state index is 0.408. The number of rotatable bonds is 4. The van der Waals surface area contributed by atoms with Crippen LogP contribution in [0.25, 0.3) is 10.4 Å². The van der Waals surface area contributed by atoms with E-state index in [1.54, 1.807) is 0 Å². The second-order valence-corrected chi connectivity index (χ2v) is 8.09. The molecule has 0 bridgehead atoms. The maximum absolute atomic E-state index is 9.07. The lowest BCUT2D eigenvalue weighted by Crippen LogP contribution is -2.61. The average Bonchev–Trinajstić information content (AvgIpc) is 3.10. The Kier molecular flexibility index (Phi) is 4.66. The largest absolute Gasteiger partial charge is 0.368 e. The monoisotopic (exact) mass is 375 g/mol. The Bertz CT molecular complexity index is 702. The molecule has 2 unspecified atom stereocenters. The normalized spacial score (nSPS) is 38.7. The standard InChI is InChI=1S/C19H25N3O5/c1-18(2)24-13-12(21-22-20)14-17(27-19(3,4)25-14)15(16(13)26-18)23-10-11-8-6-5-7-9-11/h5-9,12-17H,10H2,1-4H3/t12?,13-,14-,15?,16-,17+/m1/s1. The summed E-state index contributed by atoms with van der Waals surface area (Å²) < 4.78 is 30.7. The van der Waals surface area contributed by atoms with Crippen molar-refractivity contribution in [1.82, 2.24) is 0 Å². The summed E-state index contributed by atoms with van der Waals surface area (Å²) in [4.78, 5) is 3.01. The SMILES string of the molecule is CC1(C)O[C@@H]2C(N=[N+]=[N-])[C@H]3OC(C)(C)O[C@H]3C(OCc3ccccc3)[C@H]2O1. The molecule has 0 radical (unpaired) electrons. The molecule has 2 heterocycles. The molecule has 3 aliphatic rings. The van der Waals surface area contributed by atoms with Gasteiger partial charge in [0.2, 0.25) is 0 Å². The predicted molar refractivity (Wildman–Crippen MR) is 95.6 cm³/mol. The van der Waals surface area contributed by atoms with E-state index in [-0.39, 0.29) is 0 Å². The average molecular weight is 375 g/mol. The van der Waals surface area contributed by atoms with Gasteiger partial charge in [-0.1, -0.05) is 35.4 Å². The second kappa shape index (κ2) is 6.74. The Labute approximate surface area is 158 Å². The van der Waals surface area contributed by atoms with Gasteiger partial charge in [-0.15, -0.1) is 0 Å². The molecule has 146 valence electrons. The highest BCUT2D eigenvalue weighted by Gasteiger charge is 2.63. The van der Waals surface area contributed by atoms with Crippen molar-refractivity contribution in [2.75, 3.05) is 0 Å². The van der Waals surface area contributed by atoms with E-state index in [2.05, 4.69) is 10.0 Å². The molecule has 8 nitrogen and oxygen atoms in total. The molecular formula is C19H25N3O5. The van der Waals surface area contributed by atoms with Gasteiger partial charge in [0.05, 0.1) is 12.6 Å². The number of hydrogen-bond donors (Lipinski definition) is 0. The lowest BCUT2D eigenvalue weighted by molar-refractivity contribution is -0.190. The quantitative estimate of drug-likeness (QED) is 0.457. The first-order valence-corrected chi connectivity index (χ1v) is 9.21. The smallest absolute Gasteiger partial charge is 0.163 e. The van der Waals surface area contributed by atoms with Gasteiger partial charge in [0, 0.05) is 4.91 Å². The molecule has 6 atom stereocenters. The molecule has 0 amide bonds. The second-order valence-electron chi connectivity index (χ2n) is 8.09. The molecule has 1 saturated carbocycles. The summed E-state index contributed by atoms with van der Waals surface area (Å²) in [5, 5.41) is 3.97. The number of ether oxygens (including phenoxy) is 5. The third-order valence-electron chi connectivity index (χ3n) is 5.12. The predicted octanol–water partition coefficient (Wildman–Crippen LogP) is 3.30. The van der Waals surface area contributed by atoms with Crippen LogP contribution in [0, 0.1) is 0 Å².